The number of benzene rings is 1. The Morgan fingerprint density at radius 3 is 2.34 bits per heavy atom. The molecule has 0 bridgehead atoms. The third-order valence-corrected chi connectivity index (χ3v) is 8.43. The first-order valence-corrected chi connectivity index (χ1v) is 13.1. The quantitative estimate of drug-likeness (QED) is 0.562. The maximum atomic E-state index is 13.1. The Bertz CT molecular complexity index is 1080. The summed E-state index contributed by atoms with van der Waals surface area (Å²) < 4.78 is 33.0. The van der Waals surface area contributed by atoms with Crippen molar-refractivity contribution in [2.75, 3.05) is 25.5 Å². The Labute approximate surface area is 193 Å². The van der Waals surface area contributed by atoms with E-state index in [0.717, 1.165) is 35.4 Å². The molecule has 2 heterocycles. The van der Waals surface area contributed by atoms with E-state index in [9.17, 15) is 18.0 Å². The van der Waals surface area contributed by atoms with Crippen LogP contribution < -0.4 is 10.1 Å². The molecular formula is C23H30N2O5S2. The Balaban J connectivity index is 1.72. The molecule has 174 valence electrons. The summed E-state index contributed by atoms with van der Waals surface area (Å²) in [7, 11) is -2.20. The average molecular weight is 479 g/mol. The van der Waals surface area contributed by atoms with Crippen molar-refractivity contribution >= 4 is 38.7 Å². The van der Waals surface area contributed by atoms with E-state index < -0.39 is 10.0 Å². The van der Waals surface area contributed by atoms with Gasteiger partial charge in [-0.15, -0.1) is 11.3 Å². The van der Waals surface area contributed by atoms with Gasteiger partial charge in [0.05, 0.1) is 17.7 Å². The number of ether oxygens (including phenoxy) is 1. The highest BCUT2D eigenvalue weighted by Crippen LogP contribution is 2.30. The number of aryl methyl sites for hydroxylation is 2. The molecule has 3 rings (SSSR count). The zero-order valence-electron chi connectivity index (χ0n) is 18.8. The van der Waals surface area contributed by atoms with Gasteiger partial charge in [-0.3, -0.25) is 9.59 Å². The van der Waals surface area contributed by atoms with Gasteiger partial charge < -0.3 is 10.1 Å². The zero-order chi connectivity index (χ0) is 23.3. The number of ketones is 1. The highest BCUT2D eigenvalue weighted by molar-refractivity contribution is 7.89. The molecule has 0 unspecified atom stereocenters. The van der Waals surface area contributed by atoms with Crippen LogP contribution >= 0.6 is 11.3 Å². The Kier molecular flexibility index (Phi) is 8.08. The topological polar surface area (TPSA) is 92.8 Å². The van der Waals surface area contributed by atoms with Crippen molar-refractivity contribution in [3.8, 4) is 5.75 Å². The van der Waals surface area contributed by atoms with E-state index in [1.54, 1.807) is 17.4 Å². The van der Waals surface area contributed by atoms with E-state index in [4.69, 9.17) is 4.74 Å². The maximum Gasteiger partial charge on any atom is 0.243 e. The number of thiophene rings is 1. The van der Waals surface area contributed by atoms with Crippen LogP contribution in [0.5, 0.6) is 5.75 Å². The third-order valence-electron chi connectivity index (χ3n) is 5.57. The lowest BCUT2D eigenvalue weighted by Gasteiger charge is -2.21. The Morgan fingerprint density at radius 2 is 1.75 bits per heavy atom. The Hall–Kier alpha value is -2.23. The highest BCUT2D eigenvalue weighted by Gasteiger charge is 2.26. The summed E-state index contributed by atoms with van der Waals surface area (Å²) >= 11 is 1.56. The molecule has 9 heteroatoms. The van der Waals surface area contributed by atoms with Gasteiger partial charge in [-0.2, -0.15) is 4.31 Å². The molecule has 1 aliphatic heterocycles. The minimum absolute atomic E-state index is 0.000571. The van der Waals surface area contributed by atoms with E-state index in [1.165, 1.54) is 23.5 Å². The van der Waals surface area contributed by atoms with Crippen molar-refractivity contribution in [3.63, 3.8) is 0 Å². The molecule has 0 radical (unpaired) electrons. The molecule has 0 aliphatic carbocycles. The average Bonchev–Trinajstić information content (AvgIpc) is 2.95. The third kappa shape index (κ3) is 5.76. The number of nitrogens with one attached hydrogen (secondary N) is 1. The predicted molar refractivity (Wildman–Crippen MR) is 126 cm³/mol. The number of rotatable bonds is 8. The summed E-state index contributed by atoms with van der Waals surface area (Å²) in [4.78, 5) is 27.1. The molecule has 1 amide bonds. The standard InChI is InChI=1S/C23H30N2O5S2/c1-16-14-19(17(2)31-16)21(26)9-11-23(27)24-20-15-18(8-10-22(20)30-3)32(28,29)25-12-6-4-5-7-13-25/h8,10,14-15H,4-7,9,11-13H2,1-3H3,(H,24,27). The van der Waals surface area contributed by atoms with E-state index in [2.05, 4.69) is 5.32 Å². The molecule has 2 aromatic rings. The number of anilines is 1. The van der Waals surface area contributed by atoms with Crippen LogP contribution in [0.4, 0.5) is 5.69 Å². The second-order valence-corrected chi connectivity index (χ2v) is 11.4. The fraction of sp³-hybridized carbons (Fsp3) is 0.478. The lowest BCUT2D eigenvalue weighted by atomic mass is 10.1. The predicted octanol–water partition coefficient (Wildman–Crippen LogP) is 4.54. The fourth-order valence-electron chi connectivity index (χ4n) is 3.86. The lowest BCUT2D eigenvalue weighted by molar-refractivity contribution is -0.116. The van der Waals surface area contributed by atoms with E-state index >= 15 is 0 Å². The van der Waals surface area contributed by atoms with E-state index in [-0.39, 0.29) is 35.1 Å². The first-order chi connectivity index (χ1) is 15.2. The molecule has 0 atom stereocenters. The SMILES string of the molecule is COc1ccc(S(=O)(=O)N2CCCCCC2)cc1NC(=O)CCC(=O)c1cc(C)sc1C. The number of hydrogen-bond donors (Lipinski definition) is 1. The molecule has 1 saturated heterocycles. The van der Waals surface area contributed by atoms with Crippen LogP contribution in [0.2, 0.25) is 0 Å². The number of carbonyl (C=O) groups is 2. The summed E-state index contributed by atoms with van der Waals surface area (Å²) in [6.45, 7) is 4.84. The van der Waals surface area contributed by atoms with Crippen molar-refractivity contribution in [1.29, 1.82) is 0 Å². The van der Waals surface area contributed by atoms with Gasteiger partial charge in [0.15, 0.2) is 5.78 Å². The van der Waals surface area contributed by atoms with Gasteiger partial charge in [0.25, 0.3) is 0 Å². The van der Waals surface area contributed by atoms with Gasteiger partial charge >= 0.3 is 0 Å². The van der Waals surface area contributed by atoms with Crippen molar-refractivity contribution in [2.45, 2.75) is 57.3 Å². The molecule has 7 nitrogen and oxygen atoms in total. The molecule has 0 spiro atoms. The van der Waals surface area contributed by atoms with Gasteiger partial charge in [-0.25, -0.2) is 8.42 Å². The van der Waals surface area contributed by atoms with Crippen molar-refractivity contribution in [2.24, 2.45) is 0 Å². The molecule has 32 heavy (non-hydrogen) atoms. The van der Waals surface area contributed by atoms with Crippen molar-refractivity contribution < 1.29 is 22.7 Å². The van der Waals surface area contributed by atoms with Crippen LogP contribution in [-0.2, 0) is 14.8 Å². The lowest BCUT2D eigenvalue weighted by Crippen LogP contribution is -2.32. The molecule has 1 aromatic heterocycles. The summed E-state index contributed by atoms with van der Waals surface area (Å²) in [5, 5.41) is 2.72. The summed E-state index contributed by atoms with van der Waals surface area (Å²) in [6, 6.07) is 6.33. The van der Waals surface area contributed by atoms with Crippen LogP contribution in [0.1, 0.15) is 58.6 Å². The van der Waals surface area contributed by atoms with Crippen LogP contribution in [0, 0.1) is 13.8 Å². The first-order valence-electron chi connectivity index (χ1n) is 10.8. The summed E-state index contributed by atoms with van der Waals surface area (Å²) in [5.41, 5.74) is 0.937. The van der Waals surface area contributed by atoms with Crippen LogP contribution in [0.15, 0.2) is 29.2 Å². The number of carbonyl (C=O) groups excluding carboxylic acids is 2. The highest BCUT2D eigenvalue weighted by atomic mass is 32.2. The Morgan fingerprint density at radius 1 is 1.06 bits per heavy atom. The fourth-order valence-corrected chi connectivity index (χ4v) is 6.34. The van der Waals surface area contributed by atoms with Gasteiger partial charge in [-0.05, 0) is 51.0 Å². The van der Waals surface area contributed by atoms with E-state index in [0.29, 0.717) is 24.4 Å². The van der Waals surface area contributed by atoms with Crippen molar-refractivity contribution in [1.82, 2.24) is 4.31 Å². The zero-order valence-corrected chi connectivity index (χ0v) is 20.4. The molecular weight excluding hydrogens is 448 g/mol. The number of hydrogen-bond acceptors (Lipinski definition) is 6. The van der Waals surface area contributed by atoms with Crippen LogP contribution in [0.3, 0.4) is 0 Å². The largest absolute Gasteiger partial charge is 0.495 e. The monoisotopic (exact) mass is 478 g/mol. The van der Waals surface area contributed by atoms with E-state index in [1.807, 2.05) is 19.9 Å². The van der Waals surface area contributed by atoms with Gasteiger partial charge in [0, 0.05) is 41.2 Å². The summed E-state index contributed by atoms with van der Waals surface area (Å²) in [6.07, 6.45) is 3.82. The number of methoxy groups -OCH3 is 1. The number of sulfonamides is 1. The van der Waals surface area contributed by atoms with Crippen LogP contribution in [-0.4, -0.2) is 44.6 Å². The van der Waals surface area contributed by atoms with Crippen LogP contribution in [0.25, 0.3) is 0 Å². The molecule has 1 fully saturated rings. The van der Waals surface area contributed by atoms with Crippen molar-refractivity contribution in [3.05, 3.63) is 39.6 Å². The van der Waals surface area contributed by atoms with Gasteiger partial charge in [0.2, 0.25) is 15.9 Å². The molecule has 1 N–H and O–H groups in total. The second kappa shape index (κ2) is 10.6. The molecule has 0 saturated carbocycles. The normalized spacial score (nSPS) is 15.2. The van der Waals surface area contributed by atoms with Gasteiger partial charge in [-0.1, -0.05) is 12.8 Å². The molecule has 1 aromatic carbocycles. The van der Waals surface area contributed by atoms with Gasteiger partial charge in [0.1, 0.15) is 5.75 Å². The summed E-state index contributed by atoms with van der Waals surface area (Å²) in [5.74, 6) is -0.0826. The number of amides is 1. The first kappa shape index (κ1) is 24.4. The smallest absolute Gasteiger partial charge is 0.243 e. The minimum atomic E-state index is -3.66. The maximum absolute atomic E-state index is 13.1. The second-order valence-electron chi connectivity index (χ2n) is 7.98. The number of Topliss-reactive ketones (excluding diaryl/α,β-unsaturated/α-hetero) is 1. The minimum Gasteiger partial charge on any atom is -0.495 e. The molecule has 1 aliphatic rings. The number of nitrogens with zero attached hydrogens (tertiary/aromatic N) is 1.